The number of halogens is 1. The number of carbonyl (C=O) groups excluding carboxylic acids is 2. The van der Waals surface area contributed by atoms with E-state index in [1.54, 1.807) is 20.8 Å². The van der Waals surface area contributed by atoms with E-state index in [2.05, 4.69) is 5.32 Å². The van der Waals surface area contributed by atoms with E-state index in [0.29, 0.717) is 11.3 Å². The van der Waals surface area contributed by atoms with Crippen molar-refractivity contribution in [3.63, 3.8) is 0 Å². The minimum Gasteiger partial charge on any atom is -0.496 e. The molecule has 0 atom stereocenters. The van der Waals surface area contributed by atoms with Crippen LogP contribution >= 0.6 is 11.6 Å². The molecule has 19 heavy (non-hydrogen) atoms. The van der Waals surface area contributed by atoms with Gasteiger partial charge in [0.15, 0.2) is 6.29 Å². The average Bonchev–Trinajstić information content (AvgIpc) is 2.25. The maximum atomic E-state index is 11.7. The van der Waals surface area contributed by atoms with Crippen LogP contribution in [0.2, 0.25) is 5.02 Å². The monoisotopic (exact) mass is 285 g/mol. The summed E-state index contributed by atoms with van der Waals surface area (Å²) in [6.45, 7) is 5.23. The Morgan fingerprint density at radius 3 is 2.47 bits per heavy atom. The van der Waals surface area contributed by atoms with E-state index in [-0.39, 0.29) is 17.0 Å². The number of hydrogen-bond acceptors (Lipinski definition) is 4. The highest BCUT2D eigenvalue weighted by Gasteiger charge is 2.18. The van der Waals surface area contributed by atoms with E-state index in [1.807, 2.05) is 0 Å². The molecule has 0 aromatic heterocycles. The lowest BCUT2D eigenvalue weighted by atomic mass is 10.1. The van der Waals surface area contributed by atoms with Crippen LogP contribution < -0.4 is 10.1 Å². The van der Waals surface area contributed by atoms with E-state index in [1.165, 1.54) is 19.2 Å². The lowest BCUT2D eigenvalue weighted by Crippen LogP contribution is -2.27. The van der Waals surface area contributed by atoms with Crippen LogP contribution in [-0.2, 0) is 4.74 Å². The highest BCUT2D eigenvalue weighted by molar-refractivity contribution is 6.31. The first kappa shape index (κ1) is 15.3. The predicted octanol–water partition coefficient (Wildman–Crippen LogP) is 3.51. The Labute approximate surface area is 116 Å². The van der Waals surface area contributed by atoms with Gasteiger partial charge in [0.25, 0.3) is 0 Å². The zero-order valence-electron chi connectivity index (χ0n) is 11.2. The molecule has 0 saturated carbocycles. The van der Waals surface area contributed by atoms with Crippen LogP contribution in [0.1, 0.15) is 31.1 Å². The van der Waals surface area contributed by atoms with Crippen molar-refractivity contribution in [2.75, 3.05) is 12.4 Å². The molecule has 0 saturated heterocycles. The van der Waals surface area contributed by atoms with Gasteiger partial charge in [0.2, 0.25) is 0 Å². The van der Waals surface area contributed by atoms with E-state index >= 15 is 0 Å². The summed E-state index contributed by atoms with van der Waals surface area (Å²) in [6, 6.07) is 2.95. The molecule has 0 radical (unpaired) electrons. The van der Waals surface area contributed by atoms with Gasteiger partial charge < -0.3 is 9.47 Å². The molecule has 0 aliphatic carbocycles. The number of anilines is 1. The number of rotatable bonds is 3. The van der Waals surface area contributed by atoms with Gasteiger partial charge in [-0.15, -0.1) is 0 Å². The Bertz CT molecular complexity index is 494. The summed E-state index contributed by atoms with van der Waals surface area (Å²) < 4.78 is 10.1. The molecule has 1 amide bonds. The Kier molecular flexibility index (Phi) is 4.78. The number of nitrogens with one attached hydrogen (secondary N) is 1. The molecule has 0 spiro atoms. The van der Waals surface area contributed by atoms with Crippen molar-refractivity contribution in [1.82, 2.24) is 0 Å². The Hall–Kier alpha value is -1.75. The normalized spacial score (nSPS) is 10.8. The highest BCUT2D eigenvalue weighted by atomic mass is 35.5. The summed E-state index contributed by atoms with van der Waals surface area (Å²) in [5, 5.41) is 2.82. The second-order valence-corrected chi connectivity index (χ2v) is 5.25. The topological polar surface area (TPSA) is 64.6 Å². The zero-order chi connectivity index (χ0) is 14.6. The van der Waals surface area contributed by atoms with E-state index in [4.69, 9.17) is 21.1 Å². The third-order valence-corrected chi connectivity index (χ3v) is 2.30. The van der Waals surface area contributed by atoms with Crippen molar-refractivity contribution in [1.29, 1.82) is 0 Å². The molecule has 1 N–H and O–H groups in total. The van der Waals surface area contributed by atoms with Crippen LogP contribution in [0.5, 0.6) is 5.75 Å². The maximum absolute atomic E-state index is 11.7. The van der Waals surface area contributed by atoms with Crippen LogP contribution in [0, 0.1) is 0 Å². The molecule has 1 rings (SSSR count). The fourth-order valence-corrected chi connectivity index (χ4v) is 1.61. The number of hydrogen-bond donors (Lipinski definition) is 1. The fraction of sp³-hybridized carbons (Fsp3) is 0.385. The number of benzene rings is 1. The summed E-state index contributed by atoms with van der Waals surface area (Å²) in [6.07, 6.45) is -0.0816. The molecule has 1 aromatic carbocycles. The SMILES string of the molecule is COc1cc(Cl)cc(NC(=O)OC(C)(C)C)c1C=O. The van der Waals surface area contributed by atoms with Gasteiger partial charge in [-0.1, -0.05) is 11.6 Å². The van der Waals surface area contributed by atoms with Crippen molar-refractivity contribution in [2.45, 2.75) is 26.4 Å². The molecule has 1 aromatic rings. The van der Waals surface area contributed by atoms with Gasteiger partial charge in [-0.25, -0.2) is 4.79 Å². The summed E-state index contributed by atoms with van der Waals surface area (Å²) in [5.41, 5.74) is -0.181. The van der Waals surface area contributed by atoms with Crippen LogP contribution in [0.25, 0.3) is 0 Å². The second kappa shape index (κ2) is 5.93. The van der Waals surface area contributed by atoms with Crippen LogP contribution in [0.3, 0.4) is 0 Å². The largest absolute Gasteiger partial charge is 0.496 e. The Morgan fingerprint density at radius 2 is 2.00 bits per heavy atom. The highest BCUT2D eigenvalue weighted by Crippen LogP contribution is 2.30. The Morgan fingerprint density at radius 1 is 1.37 bits per heavy atom. The summed E-state index contributed by atoms with van der Waals surface area (Å²) in [5.74, 6) is 0.286. The van der Waals surface area contributed by atoms with E-state index in [9.17, 15) is 9.59 Å². The van der Waals surface area contributed by atoms with Gasteiger partial charge in [-0.3, -0.25) is 10.1 Å². The van der Waals surface area contributed by atoms with Crippen molar-refractivity contribution < 1.29 is 19.1 Å². The maximum Gasteiger partial charge on any atom is 0.412 e. The molecule has 5 nitrogen and oxygen atoms in total. The first-order valence-electron chi connectivity index (χ1n) is 5.59. The number of carbonyl (C=O) groups is 2. The lowest BCUT2D eigenvalue weighted by Gasteiger charge is -2.20. The molecule has 104 valence electrons. The molecular formula is C13H16ClNO4. The van der Waals surface area contributed by atoms with Crippen molar-refractivity contribution in [3.05, 3.63) is 22.7 Å². The van der Waals surface area contributed by atoms with Crippen LogP contribution in [-0.4, -0.2) is 25.1 Å². The number of ether oxygens (including phenoxy) is 2. The van der Waals surface area contributed by atoms with Gasteiger partial charge in [0.1, 0.15) is 11.4 Å². The molecule has 0 unspecified atom stereocenters. The minimum absolute atomic E-state index is 0.206. The van der Waals surface area contributed by atoms with Gasteiger partial charge in [0.05, 0.1) is 18.4 Å². The molecule has 6 heteroatoms. The Balaban J connectivity index is 3.03. The minimum atomic E-state index is -0.667. The van der Waals surface area contributed by atoms with Gasteiger partial charge >= 0.3 is 6.09 Å². The summed E-state index contributed by atoms with van der Waals surface area (Å²) >= 11 is 5.89. The van der Waals surface area contributed by atoms with E-state index < -0.39 is 11.7 Å². The van der Waals surface area contributed by atoms with Gasteiger partial charge in [-0.05, 0) is 32.9 Å². The standard InChI is InChI=1S/C13H16ClNO4/c1-13(2,3)19-12(17)15-10-5-8(14)6-11(18-4)9(10)7-16/h5-7H,1-4H3,(H,15,17). The number of methoxy groups -OCH3 is 1. The van der Waals surface area contributed by atoms with Crippen LogP contribution in [0.4, 0.5) is 10.5 Å². The molecule has 0 bridgehead atoms. The molecule has 0 aliphatic heterocycles. The smallest absolute Gasteiger partial charge is 0.412 e. The number of aldehydes is 1. The molecule has 0 aliphatic rings. The van der Waals surface area contributed by atoms with E-state index in [0.717, 1.165) is 0 Å². The summed E-state index contributed by atoms with van der Waals surface area (Å²) in [4.78, 5) is 22.7. The second-order valence-electron chi connectivity index (χ2n) is 4.81. The van der Waals surface area contributed by atoms with Crippen molar-refractivity contribution in [3.8, 4) is 5.75 Å². The predicted molar refractivity (Wildman–Crippen MR) is 73.2 cm³/mol. The fourth-order valence-electron chi connectivity index (χ4n) is 1.40. The first-order chi connectivity index (χ1) is 8.76. The van der Waals surface area contributed by atoms with Gasteiger partial charge in [-0.2, -0.15) is 0 Å². The molecular weight excluding hydrogens is 270 g/mol. The van der Waals surface area contributed by atoms with Gasteiger partial charge in [0, 0.05) is 5.02 Å². The summed E-state index contributed by atoms with van der Waals surface area (Å²) in [7, 11) is 1.41. The zero-order valence-corrected chi connectivity index (χ0v) is 12.0. The average molecular weight is 286 g/mol. The number of amides is 1. The van der Waals surface area contributed by atoms with Crippen LogP contribution in [0.15, 0.2) is 12.1 Å². The molecule has 0 fully saturated rings. The third-order valence-electron chi connectivity index (χ3n) is 2.08. The quantitative estimate of drug-likeness (QED) is 0.863. The van der Waals surface area contributed by atoms with Crippen molar-refractivity contribution in [2.24, 2.45) is 0 Å². The van der Waals surface area contributed by atoms with Crippen molar-refractivity contribution >= 4 is 29.7 Å². The lowest BCUT2D eigenvalue weighted by molar-refractivity contribution is 0.0636. The third kappa shape index (κ3) is 4.44. The first-order valence-corrected chi connectivity index (χ1v) is 5.97. The molecule has 0 heterocycles.